The molecule has 1 amide bonds. The Labute approximate surface area is 132 Å². The van der Waals surface area contributed by atoms with Crippen LogP contribution in [0.15, 0.2) is 30.3 Å². The second-order valence-electron chi connectivity index (χ2n) is 6.59. The number of nitrogens with zero attached hydrogens (tertiary/aromatic N) is 2. The molecule has 4 nitrogen and oxygen atoms in total. The van der Waals surface area contributed by atoms with Gasteiger partial charge >= 0.3 is 0 Å². The predicted molar refractivity (Wildman–Crippen MR) is 86.3 cm³/mol. The Morgan fingerprint density at radius 1 is 1.14 bits per heavy atom. The van der Waals surface area contributed by atoms with Crippen molar-refractivity contribution in [1.82, 2.24) is 9.80 Å². The van der Waals surface area contributed by atoms with Crippen LogP contribution in [0, 0.1) is 5.92 Å². The first-order valence-corrected chi connectivity index (χ1v) is 8.45. The molecule has 1 N–H and O–H groups in total. The molecule has 0 spiro atoms. The van der Waals surface area contributed by atoms with E-state index in [1.807, 2.05) is 11.0 Å². The largest absolute Gasteiger partial charge is 0.396 e. The summed E-state index contributed by atoms with van der Waals surface area (Å²) >= 11 is 0. The van der Waals surface area contributed by atoms with Crippen LogP contribution in [-0.2, 0) is 11.3 Å². The van der Waals surface area contributed by atoms with Crippen LogP contribution < -0.4 is 0 Å². The van der Waals surface area contributed by atoms with Gasteiger partial charge in [-0.15, -0.1) is 0 Å². The van der Waals surface area contributed by atoms with Crippen molar-refractivity contribution in [2.24, 2.45) is 5.92 Å². The topological polar surface area (TPSA) is 43.8 Å². The van der Waals surface area contributed by atoms with Gasteiger partial charge in [0.25, 0.3) is 0 Å². The Morgan fingerprint density at radius 2 is 1.91 bits per heavy atom. The van der Waals surface area contributed by atoms with Gasteiger partial charge in [0.1, 0.15) is 0 Å². The summed E-state index contributed by atoms with van der Waals surface area (Å²) < 4.78 is 0. The van der Waals surface area contributed by atoms with Gasteiger partial charge in [0.05, 0.1) is 6.04 Å². The molecule has 22 heavy (non-hydrogen) atoms. The lowest BCUT2D eigenvalue weighted by atomic mass is 9.98. The highest BCUT2D eigenvalue weighted by Crippen LogP contribution is 2.24. The van der Waals surface area contributed by atoms with E-state index >= 15 is 0 Å². The fourth-order valence-electron chi connectivity index (χ4n) is 3.74. The smallest absolute Gasteiger partial charge is 0.239 e. The van der Waals surface area contributed by atoms with Crippen molar-refractivity contribution in [3.63, 3.8) is 0 Å². The Kier molecular flexibility index (Phi) is 5.11. The van der Waals surface area contributed by atoms with Gasteiger partial charge in [0.2, 0.25) is 5.91 Å². The lowest BCUT2D eigenvalue weighted by molar-refractivity contribution is -0.138. The maximum Gasteiger partial charge on any atom is 0.239 e. The van der Waals surface area contributed by atoms with Crippen LogP contribution in [0.4, 0.5) is 0 Å². The molecular weight excluding hydrogens is 276 g/mol. The van der Waals surface area contributed by atoms with E-state index in [-0.39, 0.29) is 24.5 Å². The molecule has 0 radical (unpaired) electrons. The average molecular weight is 302 g/mol. The summed E-state index contributed by atoms with van der Waals surface area (Å²) in [6.07, 6.45) is 4.12. The molecule has 0 bridgehead atoms. The van der Waals surface area contributed by atoms with E-state index in [0.29, 0.717) is 0 Å². The van der Waals surface area contributed by atoms with E-state index in [0.717, 1.165) is 51.9 Å². The molecule has 1 aromatic carbocycles. The second-order valence-corrected chi connectivity index (χ2v) is 6.59. The highest BCUT2D eigenvalue weighted by Gasteiger charge is 2.35. The van der Waals surface area contributed by atoms with Crippen molar-refractivity contribution in [2.75, 3.05) is 26.2 Å². The van der Waals surface area contributed by atoms with Crippen molar-refractivity contribution < 1.29 is 9.90 Å². The number of carbonyl (C=O) groups excluding carboxylic acids is 1. The first-order chi connectivity index (χ1) is 10.8. The van der Waals surface area contributed by atoms with Crippen molar-refractivity contribution in [3.8, 4) is 0 Å². The molecule has 120 valence electrons. The van der Waals surface area contributed by atoms with Gasteiger partial charge in [-0.2, -0.15) is 0 Å². The number of aliphatic hydroxyl groups is 1. The summed E-state index contributed by atoms with van der Waals surface area (Å²) in [6, 6.07) is 10.4. The van der Waals surface area contributed by atoms with E-state index in [9.17, 15) is 9.90 Å². The first kappa shape index (κ1) is 15.5. The number of aliphatic hydroxyl groups excluding tert-OH is 1. The maximum atomic E-state index is 12.9. The lowest BCUT2D eigenvalue weighted by Gasteiger charge is -2.35. The molecule has 2 saturated heterocycles. The van der Waals surface area contributed by atoms with Crippen LogP contribution in [0.5, 0.6) is 0 Å². The Bertz CT molecular complexity index is 491. The number of likely N-dealkylation sites (tertiary alicyclic amines) is 2. The fraction of sp³-hybridized carbons (Fsp3) is 0.611. The second kappa shape index (κ2) is 7.25. The standard InChI is InChI=1S/C18H26N2O2/c21-14-16-8-4-11-20(13-16)18(22)17-9-5-10-19(17)12-15-6-2-1-3-7-15/h1-3,6-7,16-17,21H,4-5,8-14H2. The van der Waals surface area contributed by atoms with E-state index in [1.165, 1.54) is 5.56 Å². The molecule has 2 atom stereocenters. The SMILES string of the molecule is O=C(C1CCCN1Cc1ccccc1)N1CCCC(CO)C1. The van der Waals surface area contributed by atoms with Crippen molar-refractivity contribution in [2.45, 2.75) is 38.3 Å². The summed E-state index contributed by atoms with van der Waals surface area (Å²) in [5.74, 6) is 0.535. The molecule has 2 aliphatic rings. The van der Waals surface area contributed by atoms with Crippen molar-refractivity contribution in [1.29, 1.82) is 0 Å². The summed E-state index contributed by atoms with van der Waals surface area (Å²) in [7, 11) is 0. The van der Waals surface area contributed by atoms with Crippen LogP contribution in [-0.4, -0.2) is 53.1 Å². The molecule has 4 heteroatoms. The Balaban J connectivity index is 1.63. The van der Waals surface area contributed by atoms with Crippen LogP contribution in [0.3, 0.4) is 0 Å². The molecule has 2 heterocycles. The third-order valence-electron chi connectivity index (χ3n) is 4.97. The van der Waals surface area contributed by atoms with Gasteiger partial charge in [-0.1, -0.05) is 30.3 Å². The minimum Gasteiger partial charge on any atom is -0.396 e. The molecule has 0 aliphatic carbocycles. The fourth-order valence-corrected chi connectivity index (χ4v) is 3.74. The molecule has 0 aromatic heterocycles. The van der Waals surface area contributed by atoms with Crippen LogP contribution in [0.2, 0.25) is 0 Å². The van der Waals surface area contributed by atoms with E-state index in [2.05, 4.69) is 29.2 Å². The van der Waals surface area contributed by atoms with Crippen molar-refractivity contribution in [3.05, 3.63) is 35.9 Å². The van der Waals surface area contributed by atoms with E-state index in [1.54, 1.807) is 0 Å². The lowest BCUT2D eigenvalue weighted by Crippen LogP contribution is -2.49. The normalized spacial score (nSPS) is 26.3. The van der Waals surface area contributed by atoms with Gasteiger partial charge < -0.3 is 10.0 Å². The summed E-state index contributed by atoms with van der Waals surface area (Å²) in [5, 5.41) is 9.35. The third kappa shape index (κ3) is 3.50. The number of amides is 1. The molecule has 2 fully saturated rings. The minimum atomic E-state index is 0.0256. The number of hydrogen-bond donors (Lipinski definition) is 1. The number of hydrogen-bond acceptors (Lipinski definition) is 3. The van der Waals surface area contributed by atoms with Gasteiger partial charge in [0, 0.05) is 26.2 Å². The zero-order valence-electron chi connectivity index (χ0n) is 13.2. The highest BCUT2D eigenvalue weighted by molar-refractivity contribution is 5.82. The van der Waals surface area contributed by atoms with Crippen LogP contribution in [0.25, 0.3) is 0 Å². The number of piperidine rings is 1. The maximum absolute atomic E-state index is 12.9. The molecule has 2 aliphatic heterocycles. The average Bonchev–Trinajstić information content (AvgIpc) is 3.03. The summed E-state index contributed by atoms with van der Waals surface area (Å²) in [4.78, 5) is 17.2. The van der Waals surface area contributed by atoms with Gasteiger partial charge in [-0.25, -0.2) is 0 Å². The van der Waals surface area contributed by atoms with Crippen molar-refractivity contribution >= 4 is 5.91 Å². The zero-order chi connectivity index (χ0) is 15.4. The number of rotatable bonds is 4. The van der Waals surface area contributed by atoms with Gasteiger partial charge in [0.15, 0.2) is 0 Å². The quantitative estimate of drug-likeness (QED) is 0.923. The Morgan fingerprint density at radius 3 is 2.68 bits per heavy atom. The number of carbonyl (C=O) groups is 1. The first-order valence-electron chi connectivity index (χ1n) is 8.45. The van der Waals surface area contributed by atoms with Gasteiger partial charge in [-0.3, -0.25) is 9.69 Å². The van der Waals surface area contributed by atoms with Crippen LogP contribution in [0.1, 0.15) is 31.2 Å². The number of benzene rings is 1. The third-order valence-corrected chi connectivity index (χ3v) is 4.97. The predicted octanol–water partition coefficient (Wildman–Crippen LogP) is 1.88. The summed E-state index contributed by atoms with van der Waals surface area (Å²) in [5.41, 5.74) is 1.27. The van der Waals surface area contributed by atoms with E-state index in [4.69, 9.17) is 0 Å². The molecule has 0 saturated carbocycles. The molecule has 2 unspecified atom stereocenters. The summed E-state index contributed by atoms with van der Waals surface area (Å²) in [6.45, 7) is 3.63. The highest BCUT2D eigenvalue weighted by atomic mass is 16.3. The zero-order valence-corrected chi connectivity index (χ0v) is 13.2. The molecule has 1 aromatic rings. The van der Waals surface area contributed by atoms with Gasteiger partial charge in [-0.05, 0) is 43.7 Å². The molecule has 3 rings (SSSR count). The van der Waals surface area contributed by atoms with Crippen LogP contribution >= 0.6 is 0 Å². The Hall–Kier alpha value is -1.39. The molecular formula is C18H26N2O2. The van der Waals surface area contributed by atoms with E-state index < -0.39 is 0 Å². The minimum absolute atomic E-state index is 0.0256. The monoisotopic (exact) mass is 302 g/mol.